The van der Waals surface area contributed by atoms with Crippen LogP contribution in [0, 0.1) is 11.8 Å². The van der Waals surface area contributed by atoms with Crippen LogP contribution in [0.3, 0.4) is 0 Å². The molecule has 2 aliphatic carbocycles. The molecule has 0 spiro atoms. The molecular formula is C60H51N. The molecule has 0 fully saturated rings. The van der Waals surface area contributed by atoms with E-state index in [1.165, 1.54) is 77.9 Å². The zero-order valence-corrected chi connectivity index (χ0v) is 35.3. The first-order chi connectivity index (χ1) is 30.1. The maximum atomic E-state index is 5.65. The number of hydrogen-bond donors (Lipinski definition) is 0. The van der Waals surface area contributed by atoms with Crippen molar-refractivity contribution in [3.05, 3.63) is 268 Å². The first-order valence-electron chi connectivity index (χ1n) is 22.0. The molecular weight excluding hydrogens is 735 g/mol. The fourth-order valence-corrected chi connectivity index (χ4v) is 10.5. The van der Waals surface area contributed by atoms with Gasteiger partial charge in [0.1, 0.15) is 0 Å². The van der Waals surface area contributed by atoms with Gasteiger partial charge in [-0.05, 0) is 115 Å². The summed E-state index contributed by atoms with van der Waals surface area (Å²) in [5, 5.41) is 0. The van der Waals surface area contributed by atoms with Crippen LogP contribution in [0.2, 0.25) is 0 Å². The van der Waals surface area contributed by atoms with Crippen molar-refractivity contribution in [2.45, 2.75) is 45.1 Å². The molecule has 10 rings (SSSR count). The largest absolute Gasteiger partial charge is 0.276 e. The quantitative estimate of drug-likeness (QED) is 0.145. The minimum atomic E-state index is -0.458. The van der Waals surface area contributed by atoms with E-state index in [1.54, 1.807) is 0 Å². The number of benzene rings is 7. The Morgan fingerprint density at radius 3 is 1.79 bits per heavy atom. The normalized spacial score (nSPS) is 21.8. The number of aliphatic imine (C=N–C) groups is 1. The van der Waals surface area contributed by atoms with Gasteiger partial charge < -0.3 is 0 Å². The van der Waals surface area contributed by atoms with Crippen molar-refractivity contribution in [3.63, 3.8) is 0 Å². The third-order valence-corrected chi connectivity index (χ3v) is 13.5. The van der Waals surface area contributed by atoms with Gasteiger partial charge in [0.2, 0.25) is 0 Å². The lowest BCUT2D eigenvalue weighted by Crippen LogP contribution is -2.28. The maximum absolute atomic E-state index is 5.65. The standard InChI is InChI=1S/C60H51N/c1-4-49-54(52-29-19-31-56-58(52)53-28-17-18-30-55(53)60(56,47-24-13-7-14-25-47)48-26-15-8-16-27-48)40-57(61-59(49)46-22-11-6-12-23-46)45-36-34-44(35-37-45)51-39-38-50(41(2)32-33-42(51)3)43-20-9-5-10-21-43/h5-31,33-41,49,59H,4,32H2,1-3H3/b42-33+,50-38+,51-39+. The van der Waals surface area contributed by atoms with E-state index in [1.807, 2.05) is 0 Å². The number of allylic oxidation sites excluding steroid dienone is 7. The average Bonchev–Trinajstić information content (AvgIpc) is 3.64. The van der Waals surface area contributed by atoms with Crippen LogP contribution in [0.1, 0.15) is 89.7 Å². The topological polar surface area (TPSA) is 12.4 Å². The zero-order valence-electron chi connectivity index (χ0n) is 35.3. The molecule has 3 aliphatic rings. The molecule has 1 heteroatoms. The van der Waals surface area contributed by atoms with Crippen molar-refractivity contribution in [3.8, 4) is 11.1 Å². The molecule has 0 N–H and O–H groups in total. The number of hydrogen-bond acceptors (Lipinski definition) is 1. The first kappa shape index (κ1) is 38.4. The van der Waals surface area contributed by atoms with Gasteiger partial charge in [0, 0.05) is 5.92 Å². The predicted molar refractivity (Wildman–Crippen MR) is 258 cm³/mol. The van der Waals surface area contributed by atoms with Gasteiger partial charge >= 0.3 is 0 Å². The lowest BCUT2D eigenvalue weighted by Gasteiger charge is -2.34. The van der Waals surface area contributed by atoms with Crippen LogP contribution in [-0.2, 0) is 5.41 Å². The number of rotatable bonds is 8. The smallest absolute Gasteiger partial charge is 0.0825 e. The Labute approximate surface area is 361 Å². The summed E-state index contributed by atoms with van der Waals surface area (Å²) in [6.07, 6.45) is 11.5. The van der Waals surface area contributed by atoms with E-state index in [0.29, 0.717) is 5.92 Å². The van der Waals surface area contributed by atoms with E-state index in [-0.39, 0.29) is 12.0 Å². The molecule has 3 atom stereocenters. The van der Waals surface area contributed by atoms with E-state index in [4.69, 9.17) is 4.99 Å². The van der Waals surface area contributed by atoms with Crippen LogP contribution in [0.15, 0.2) is 223 Å². The first-order valence-corrected chi connectivity index (χ1v) is 22.0. The lowest BCUT2D eigenvalue weighted by atomic mass is 9.67. The second-order valence-corrected chi connectivity index (χ2v) is 16.9. The zero-order chi connectivity index (χ0) is 41.3. The molecule has 7 aromatic carbocycles. The second kappa shape index (κ2) is 16.3. The molecule has 0 radical (unpaired) electrons. The number of fused-ring (bicyclic) bond motifs is 3. The van der Waals surface area contributed by atoms with Crippen LogP contribution < -0.4 is 0 Å². The Balaban J connectivity index is 1.13. The SMILES string of the molecule is CCC1C(c2cccc3c2-c2ccccc2C3(c2ccccc2)c2ccccc2)=CC(c2ccc(C3=C/C=C(/c4ccccc4)C(C)C\C=C\3C)cc2)=NC1c1ccccc1. The Hall–Kier alpha value is -6.83. The van der Waals surface area contributed by atoms with Crippen molar-refractivity contribution in [1.82, 2.24) is 0 Å². The molecule has 0 saturated heterocycles. The summed E-state index contributed by atoms with van der Waals surface area (Å²) >= 11 is 0. The highest BCUT2D eigenvalue weighted by Gasteiger charge is 2.47. The average molecular weight is 786 g/mol. The highest BCUT2D eigenvalue weighted by Crippen LogP contribution is 2.58. The number of nitrogens with zero attached hydrogens (tertiary/aromatic N) is 1. The van der Waals surface area contributed by atoms with Gasteiger partial charge in [0.05, 0.1) is 17.2 Å². The maximum Gasteiger partial charge on any atom is 0.0825 e. The van der Waals surface area contributed by atoms with Crippen molar-refractivity contribution < 1.29 is 0 Å². The lowest BCUT2D eigenvalue weighted by molar-refractivity contribution is 0.519. The summed E-state index contributed by atoms with van der Waals surface area (Å²) in [4.78, 5) is 5.65. The van der Waals surface area contributed by atoms with Crippen molar-refractivity contribution in [2.75, 3.05) is 0 Å². The third kappa shape index (κ3) is 6.70. The molecule has 1 heterocycles. The molecule has 0 amide bonds. The van der Waals surface area contributed by atoms with Gasteiger partial charge in [0.25, 0.3) is 0 Å². The second-order valence-electron chi connectivity index (χ2n) is 16.9. The van der Waals surface area contributed by atoms with Gasteiger partial charge in [-0.2, -0.15) is 0 Å². The highest BCUT2D eigenvalue weighted by atomic mass is 14.8. The van der Waals surface area contributed by atoms with Gasteiger partial charge in [-0.25, -0.2) is 0 Å². The summed E-state index contributed by atoms with van der Waals surface area (Å²) in [5.74, 6) is 0.633. The van der Waals surface area contributed by atoms with Crippen molar-refractivity contribution >= 4 is 22.4 Å². The van der Waals surface area contributed by atoms with Crippen LogP contribution in [0.5, 0.6) is 0 Å². The summed E-state index contributed by atoms with van der Waals surface area (Å²) in [6, 6.07) is 69.3. The Kier molecular flexibility index (Phi) is 10.3. The molecule has 0 aromatic heterocycles. The van der Waals surface area contributed by atoms with Crippen molar-refractivity contribution in [1.29, 1.82) is 0 Å². The fourth-order valence-electron chi connectivity index (χ4n) is 10.5. The molecule has 3 unspecified atom stereocenters. The summed E-state index contributed by atoms with van der Waals surface area (Å²) in [6.45, 7) is 6.92. The van der Waals surface area contributed by atoms with Crippen LogP contribution >= 0.6 is 0 Å². The van der Waals surface area contributed by atoms with Crippen molar-refractivity contribution in [2.24, 2.45) is 16.8 Å². The van der Waals surface area contributed by atoms with Gasteiger partial charge in [-0.15, -0.1) is 0 Å². The fraction of sp³-hybridized carbons (Fsp3) is 0.150. The molecule has 296 valence electrons. The molecule has 1 nitrogen and oxygen atoms in total. The Morgan fingerprint density at radius 1 is 0.541 bits per heavy atom. The van der Waals surface area contributed by atoms with Gasteiger partial charge in [-0.1, -0.05) is 220 Å². The molecule has 1 aliphatic heterocycles. The minimum Gasteiger partial charge on any atom is -0.276 e. The summed E-state index contributed by atoms with van der Waals surface area (Å²) in [5.41, 5.74) is 19.9. The molecule has 0 saturated carbocycles. The Bertz CT molecular complexity index is 2820. The van der Waals surface area contributed by atoms with E-state index in [9.17, 15) is 0 Å². The highest BCUT2D eigenvalue weighted by molar-refractivity contribution is 6.14. The van der Waals surface area contributed by atoms with E-state index in [2.05, 4.69) is 233 Å². The van der Waals surface area contributed by atoms with E-state index >= 15 is 0 Å². The van der Waals surface area contributed by atoms with E-state index in [0.717, 1.165) is 24.1 Å². The number of dihydropyridines is 1. The predicted octanol–water partition coefficient (Wildman–Crippen LogP) is 15.2. The molecule has 61 heavy (non-hydrogen) atoms. The Morgan fingerprint density at radius 2 is 1.11 bits per heavy atom. The minimum absolute atomic E-state index is 0.0246. The third-order valence-electron chi connectivity index (χ3n) is 13.5. The van der Waals surface area contributed by atoms with Gasteiger partial charge in [0.15, 0.2) is 0 Å². The monoisotopic (exact) mass is 785 g/mol. The van der Waals surface area contributed by atoms with Crippen LogP contribution in [0.4, 0.5) is 0 Å². The van der Waals surface area contributed by atoms with E-state index < -0.39 is 5.41 Å². The summed E-state index contributed by atoms with van der Waals surface area (Å²) < 4.78 is 0. The molecule has 0 bridgehead atoms. The van der Waals surface area contributed by atoms with Gasteiger partial charge in [-0.3, -0.25) is 4.99 Å². The summed E-state index contributed by atoms with van der Waals surface area (Å²) in [7, 11) is 0. The van der Waals surface area contributed by atoms with Crippen LogP contribution in [0.25, 0.3) is 27.8 Å². The molecule has 7 aromatic rings. The van der Waals surface area contributed by atoms with Crippen LogP contribution in [-0.4, -0.2) is 5.71 Å².